The maximum atomic E-state index is 12.8. The molecule has 0 aliphatic carbocycles. The molecule has 1 aliphatic rings. The number of piperidine rings is 1. The summed E-state index contributed by atoms with van der Waals surface area (Å²) in [5.41, 5.74) is 5.54. The third-order valence-corrected chi connectivity index (χ3v) is 2.93. The Morgan fingerprint density at radius 1 is 1.29 bits per heavy atom. The molecule has 1 amide bonds. The van der Waals surface area contributed by atoms with Gasteiger partial charge in [-0.2, -0.15) is 22.0 Å². The molecule has 100 valence electrons. The second kappa shape index (κ2) is 4.40. The number of amides is 1. The largest absolute Gasteiger partial charge is 0.463 e. The molecule has 2 N–H and O–H groups in total. The fourth-order valence-electron chi connectivity index (χ4n) is 1.60. The van der Waals surface area contributed by atoms with Gasteiger partial charge in [0.2, 0.25) is 0 Å². The van der Waals surface area contributed by atoms with Crippen LogP contribution in [-0.2, 0) is 4.79 Å². The summed E-state index contributed by atoms with van der Waals surface area (Å²) >= 11 is 0. The predicted octanol–water partition coefficient (Wildman–Crippen LogP) is 1.38. The van der Waals surface area contributed by atoms with Gasteiger partial charge in [-0.05, 0) is 12.3 Å². The van der Waals surface area contributed by atoms with Crippen molar-refractivity contribution in [2.24, 2.45) is 11.7 Å². The number of nitrogens with zero attached hydrogens (tertiary/aromatic N) is 1. The SMILES string of the molecule is CC1CCN(C(=O)C(F)(F)C(F)(F)F)CC1N. The summed E-state index contributed by atoms with van der Waals surface area (Å²) in [5.74, 6) is -7.56. The summed E-state index contributed by atoms with van der Waals surface area (Å²) in [6, 6.07) is -0.572. The van der Waals surface area contributed by atoms with Crippen molar-refractivity contribution in [2.45, 2.75) is 31.5 Å². The molecule has 1 heterocycles. The predicted molar refractivity (Wildman–Crippen MR) is 49.3 cm³/mol. The zero-order valence-corrected chi connectivity index (χ0v) is 9.10. The van der Waals surface area contributed by atoms with Gasteiger partial charge in [-0.25, -0.2) is 0 Å². The average Bonchev–Trinajstić information content (AvgIpc) is 2.19. The number of carbonyl (C=O) groups is 1. The van der Waals surface area contributed by atoms with Gasteiger partial charge in [0, 0.05) is 19.1 Å². The van der Waals surface area contributed by atoms with Gasteiger partial charge in [0.25, 0.3) is 0 Å². The first-order valence-electron chi connectivity index (χ1n) is 5.07. The van der Waals surface area contributed by atoms with Gasteiger partial charge < -0.3 is 10.6 Å². The highest BCUT2D eigenvalue weighted by atomic mass is 19.4. The minimum Gasteiger partial charge on any atom is -0.336 e. The highest BCUT2D eigenvalue weighted by molar-refractivity contribution is 5.84. The van der Waals surface area contributed by atoms with Crippen LogP contribution < -0.4 is 5.73 Å². The first-order valence-corrected chi connectivity index (χ1v) is 5.07. The molecule has 0 spiro atoms. The van der Waals surface area contributed by atoms with Gasteiger partial charge in [0.05, 0.1) is 0 Å². The maximum Gasteiger partial charge on any atom is 0.463 e. The Morgan fingerprint density at radius 3 is 2.24 bits per heavy atom. The van der Waals surface area contributed by atoms with Gasteiger partial charge in [0.1, 0.15) is 0 Å². The first-order chi connectivity index (χ1) is 7.57. The molecule has 1 saturated heterocycles. The second-order valence-corrected chi connectivity index (χ2v) is 4.25. The molecule has 0 aromatic heterocycles. The molecule has 0 aromatic carbocycles. The Balaban J connectivity index is 2.78. The molecule has 0 bridgehead atoms. The summed E-state index contributed by atoms with van der Waals surface area (Å²) in [4.78, 5) is 11.6. The highest BCUT2D eigenvalue weighted by Gasteiger charge is 2.64. The highest BCUT2D eigenvalue weighted by Crippen LogP contribution is 2.37. The monoisotopic (exact) mass is 260 g/mol. The van der Waals surface area contributed by atoms with Crippen LogP contribution in [0.1, 0.15) is 13.3 Å². The van der Waals surface area contributed by atoms with Crippen LogP contribution in [0.25, 0.3) is 0 Å². The lowest BCUT2D eigenvalue weighted by Gasteiger charge is -2.36. The number of nitrogens with two attached hydrogens (primary N) is 1. The summed E-state index contributed by atoms with van der Waals surface area (Å²) in [6.45, 7) is 1.36. The van der Waals surface area contributed by atoms with Crippen molar-refractivity contribution < 1.29 is 26.7 Å². The Labute approximate surface area is 94.7 Å². The fraction of sp³-hybridized carbons (Fsp3) is 0.889. The van der Waals surface area contributed by atoms with E-state index in [0.29, 0.717) is 11.3 Å². The lowest BCUT2D eigenvalue weighted by molar-refractivity contribution is -0.274. The number of likely N-dealkylation sites (tertiary alicyclic amines) is 1. The Bertz CT molecular complexity index is 304. The van der Waals surface area contributed by atoms with Gasteiger partial charge in [-0.15, -0.1) is 0 Å². The fourth-order valence-corrected chi connectivity index (χ4v) is 1.60. The van der Waals surface area contributed by atoms with Crippen LogP contribution in [0.5, 0.6) is 0 Å². The number of hydrogen-bond acceptors (Lipinski definition) is 2. The zero-order chi connectivity index (χ0) is 13.4. The van der Waals surface area contributed by atoms with E-state index in [9.17, 15) is 26.7 Å². The van der Waals surface area contributed by atoms with Crippen molar-refractivity contribution >= 4 is 5.91 Å². The van der Waals surface area contributed by atoms with Crippen molar-refractivity contribution in [1.82, 2.24) is 4.90 Å². The lowest BCUT2D eigenvalue weighted by atomic mass is 9.94. The third kappa shape index (κ3) is 2.67. The van der Waals surface area contributed by atoms with Crippen molar-refractivity contribution in [2.75, 3.05) is 13.1 Å². The van der Waals surface area contributed by atoms with Crippen molar-refractivity contribution in [3.8, 4) is 0 Å². The van der Waals surface area contributed by atoms with Gasteiger partial charge in [-0.3, -0.25) is 4.79 Å². The number of alkyl halides is 5. The number of hydrogen-bond donors (Lipinski definition) is 1. The van der Waals surface area contributed by atoms with E-state index in [1.165, 1.54) is 0 Å². The van der Waals surface area contributed by atoms with E-state index in [1.807, 2.05) is 0 Å². The number of rotatable bonds is 1. The van der Waals surface area contributed by atoms with Crippen molar-refractivity contribution in [1.29, 1.82) is 0 Å². The van der Waals surface area contributed by atoms with Gasteiger partial charge >= 0.3 is 18.0 Å². The molecule has 1 rings (SSSR count). The quantitative estimate of drug-likeness (QED) is 0.724. The molecule has 8 heteroatoms. The minimum absolute atomic E-state index is 0.00133. The minimum atomic E-state index is -5.86. The van der Waals surface area contributed by atoms with Crippen LogP contribution in [0.2, 0.25) is 0 Å². The summed E-state index contributed by atoms with van der Waals surface area (Å²) in [6.07, 6.45) is -5.54. The summed E-state index contributed by atoms with van der Waals surface area (Å²) < 4.78 is 61.5. The van der Waals surface area contributed by atoms with Crippen LogP contribution >= 0.6 is 0 Å². The normalized spacial score (nSPS) is 27.1. The van der Waals surface area contributed by atoms with Crippen molar-refractivity contribution in [3.05, 3.63) is 0 Å². The topological polar surface area (TPSA) is 46.3 Å². The van der Waals surface area contributed by atoms with Gasteiger partial charge in [-0.1, -0.05) is 6.92 Å². The molecule has 17 heavy (non-hydrogen) atoms. The number of carbonyl (C=O) groups excluding carboxylic acids is 1. The van der Waals surface area contributed by atoms with Crippen LogP contribution in [0, 0.1) is 5.92 Å². The molecule has 0 aromatic rings. The van der Waals surface area contributed by atoms with E-state index in [0.717, 1.165) is 0 Å². The summed E-state index contributed by atoms with van der Waals surface area (Å²) in [5, 5.41) is 0. The second-order valence-electron chi connectivity index (χ2n) is 4.25. The standard InChI is InChI=1S/C9H13F5N2O/c1-5-2-3-16(4-6(5)15)7(17)8(10,11)9(12,13)14/h5-6H,2-4,15H2,1H3. The molecular weight excluding hydrogens is 247 g/mol. The third-order valence-electron chi connectivity index (χ3n) is 2.93. The first kappa shape index (κ1) is 14.1. The van der Waals surface area contributed by atoms with E-state index < -0.39 is 24.0 Å². The smallest absolute Gasteiger partial charge is 0.336 e. The Morgan fingerprint density at radius 2 is 1.82 bits per heavy atom. The maximum absolute atomic E-state index is 12.8. The van der Waals surface area contributed by atoms with Gasteiger partial charge in [0.15, 0.2) is 0 Å². The van der Waals surface area contributed by atoms with E-state index >= 15 is 0 Å². The molecule has 0 radical (unpaired) electrons. The number of halogens is 5. The van der Waals surface area contributed by atoms with E-state index in [1.54, 1.807) is 6.92 Å². The average molecular weight is 260 g/mol. The van der Waals surface area contributed by atoms with Crippen LogP contribution in [0.15, 0.2) is 0 Å². The Kier molecular flexibility index (Phi) is 3.66. The molecule has 3 nitrogen and oxygen atoms in total. The molecule has 0 saturated carbocycles. The zero-order valence-electron chi connectivity index (χ0n) is 9.10. The van der Waals surface area contributed by atoms with E-state index in [2.05, 4.69) is 0 Å². The molecule has 1 fully saturated rings. The Hall–Kier alpha value is -0.920. The van der Waals surface area contributed by atoms with Crippen molar-refractivity contribution in [3.63, 3.8) is 0 Å². The van der Waals surface area contributed by atoms with E-state index in [-0.39, 0.29) is 19.0 Å². The molecule has 2 unspecified atom stereocenters. The van der Waals surface area contributed by atoms with E-state index in [4.69, 9.17) is 5.73 Å². The molecule has 1 aliphatic heterocycles. The molecule has 2 atom stereocenters. The molecular formula is C9H13F5N2O. The van der Waals surface area contributed by atoms with Crippen LogP contribution in [0.4, 0.5) is 22.0 Å². The van der Waals surface area contributed by atoms with Crippen LogP contribution in [0.3, 0.4) is 0 Å². The van der Waals surface area contributed by atoms with Crippen LogP contribution in [-0.4, -0.2) is 42.0 Å². The summed E-state index contributed by atoms with van der Waals surface area (Å²) in [7, 11) is 0. The lowest BCUT2D eigenvalue weighted by Crippen LogP contribution is -2.57.